The summed E-state index contributed by atoms with van der Waals surface area (Å²) >= 11 is 0. The van der Waals surface area contributed by atoms with Crippen molar-refractivity contribution >= 4 is 6.41 Å². The standard InChI is InChI=1S/C3H7NO.C3H6O2/c1-4(2)3-5;1-2-5-3-4-1/h3H,1-2H3;1-3H2. The molecule has 0 bridgehead atoms. The van der Waals surface area contributed by atoms with Gasteiger partial charge in [0, 0.05) is 14.1 Å². The first kappa shape index (κ1) is 9.39. The van der Waals surface area contributed by atoms with Crippen LogP contribution < -0.4 is 0 Å². The van der Waals surface area contributed by atoms with Crippen LogP contribution in [-0.4, -0.2) is 45.4 Å². The fourth-order valence-electron chi connectivity index (χ4n) is 0.295. The molecule has 1 fully saturated rings. The summed E-state index contributed by atoms with van der Waals surface area (Å²) in [5.41, 5.74) is 0. The fraction of sp³-hybridized carbons (Fsp3) is 0.833. The zero-order valence-corrected chi connectivity index (χ0v) is 6.37. The molecule has 0 N–H and O–H groups in total. The van der Waals surface area contributed by atoms with Crippen molar-refractivity contribution in [1.82, 2.24) is 4.90 Å². The second-order valence-electron chi connectivity index (χ2n) is 2.00. The second kappa shape index (κ2) is 6.51. The summed E-state index contributed by atoms with van der Waals surface area (Å²) in [6, 6.07) is 0. The Morgan fingerprint density at radius 1 is 1.30 bits per heavy atom. The topological polar surface area (TPSA) is 38.8 Å². The Hall–Kier alpha value is -0.610. The Labute approximate surface area is 60.7 Å². The van der Waals surface area contributed by atoms with Crippen molar-refractivity contribution in [2.45, 2.75) is 0 Å². The number of hydrogen-bond donors (Lipinski definition) is 0. The molecule has 0 spiro atoms. The van der Waals surface area contributed by atoms with Gasteiger partial charge in [-0.1, -0.05) is 0 Å². The van der Waals surface area contributed by atoms with Gasteiger partial charge in [-0.25, -0.2) is 0 Å². The van der Waals surface area contributed by atoms with E-state index in [4.69, 9.17) is 9.47 Å². The highest BCUT2D eigenvalue weighted by atomic mass is 16.7. The lowest BCUT2D eigenvalue weighted by Crippen LogP contribution is -2.06. The molecule has 1 rings (SSSR count). The average molecular weight is 147 g/mol. The van der Waals surface area contributed by atoms with E-state index in [1.807, 2.05) is 0 Å². The molecule has 0 aliphatic carbocycles. The van der Waals surface area contributed by atoms with Gasteiger partial charge in [-0.3, -0.25) is 4.79 Å². The Bertz CT molecular complexity index is 73.5. The van der Waals surface area contributed by atoms with Crippen molar-refractivity contribution < 1.29 is 14.3 Å². The van der Waals surface area contributed by atoms with E-state index in [9.17, 15) is 4.79 Å². The third kappa shape index (κ3) is 7.39. The zero-order chi connectivity index (χ0) is 7.82. The van der Waals surface area contributed by atoms with Gasteiger partial charge in [0.2, 0.25) is 6.41 Å². The molecular formula is C6H13NO3. The lowest BCUT2D eigenvalue weighted by atomic mass is 10.8. The third-order valence-corrected chi connectivity index (χ3v) is 0.749. The maximum atomic E-state index is 9.43. The number of ether oxygens (including phenoxy) is 2. The van der Waals surface area contributed by atoms with Gasteiger partial charge in [0.05, 0.1) is 13.2 Å². The SMILES string of the molecule is C1COCO1.CN(C)C=O. The van der Waals surface area contributed by atoms with Gasteiger partial charge in [0.15, 0.2) is 0 Å². The molecular weight excluding hydrogens is 134 g/mol. The summed E-state index contributed by atoms with van der Waals surface area (Å²) in [6.45, 7) is 2.06. The van der Waals surface area contributed by atoms with E-state index in [1.165, 1.54) is 4.90 Å². The molecule has 1 saturated heterocycles. The molecule has 0 atom stereocenters. The van der Waals surface area contributed by atoms with Crippen molar-refractivity contribution in [1.29, 1.82) is 0 Å². The predicted molar refractivity (Wildman–Crippen MR) is 36.5 cm³/mol. The van der Waals surface area contributed by atoms with Crippen molar-refractivity contribution in [2.75, 3.05) is 34.1 Å². The summed E-state index contributed by atoms with van der Waals surface area (Å²) in [5.74, 6) is 0. The molecule has 0 aromatic carbocycles. The molecule has 1 heterocycles. The Morgan fingerprint density at radius 2 is 1.70 bits per heavy atom. The number of carbonyl (C=O) groups is 1. The van der Waals surface area contributed by atoms with Crippen molar-refractivity contribution in [3.63, 3.8) is 0 Å². The van der Waals surface area contributed by atoms with E-state index in [0.717, 1.165) is 19.6 Å². The smallest absolute Gasteiger partial charge is 0.209 e. The third-order valence-electron chi connectivity index (χ3n) is 0.749. The summed E-state index contributed by atoms with van der Waals surface area (Å²) in [7, 11) is 3.38. The monoisotopic (exact) mass is 147 g/mol. The van der Waals surface area contributed by atoms with Crippen molar-refractivity contribution in [3.05, 3.63) is 0 Å². The first-order chi connectivity index (χ1) is 4.77. The van der Waals surface area contributed by atoms with Gasteiger partial charge in [-0.15, -0.1) is 0 Å². The Kier molecular flexibility index (Phi) is 6.11. The molecule has 1 aliphatic heterocycles. The molecule has 1 amide bonds. The van der Waals surface area contributed by atoms with Crippen LogP contribution in [0.2, 0.25) is 0 Å². The van der Waals surface area contributed by atoms with Crippen molar-refractivity contribution in [3.8, 4) is 0 Å². The summed E-state index contributed by atoms with van der Waals surface area (Å²) in [6.07, 6.45) is 0.750. The zero-order valence-electron chi connectivity index (χ0n) is 6.37. The number of hydrogen-bond acceptors (Lipinski definition) is 3. The highest BCUT2D eigenvalue weighted by Crippen LogP contribution is 1.85. The molecule has 0 aromatic rings. The van der Waals surface area contributed by atoms with Crippen LogP contribution in [0.4, 0.5) is 0 Å². The lowest BCUT2D eigenvalue weighted by Gasteiger charge is -1.93. The van der Waals surface area contributed by atoms with E-state index in [2.05, 4.69) is 0 Å². The van der Waals surface area contributed by atoms with Crippen molar-refractivity contribution in [2.24, 2.45) is 0 Å². The van der Waals surface area contributed by atoms with E-state index in [0.29, 0.717) is 6.79 Å². The van der Waals surface area contributed by atoms with E-state index < -0.39 is 0 Å². The van der Waals surface area contributed by atoms with E-state index >= 15 is 0 Å². The summed E-state index contributed by atoms with van der Waals surface area (Å²) in [5, 5.41) is 0. The van der Waals surface area contributed by atoms with Gasteiger partial charge in [-0.05, 0) is 0 Å². The van der Waals surface area contributed by atoms with E-state index in [1.54, 1.807) is 14.1 Å². The number of rotatable bonds is 1. The molecule has 1 aliphatic rings. The molecule has 0 unspecified atom stereocenters. The molecule has 0 aromatic heterocycles. The second-order valence-corrected chi connectivity index (χ2v) is 2.00. The van der Waals surface area contributed by atoms with Crippen LogP contribution in [0.15, 0.2) is 0 Å². The van der Waals surface area contributed by atoms with Gasteiger partial charge < -0.3 is 14.4 Å². The Balaban J connectivity index is 0.000000162. The van der Waals surface area contributed by atoms with Crippen LogP contribution in [0.25, 0.3) is 0 Å². The minimum Gasteiger partial charge on any atom is -0.353 e. The predicted octanol–water partition coefficient (Wildman–Crippen LogP) is -0.305. The van der Waals surface area contributed by atoms with Gasteiger partial charge in [0.25, 0.3) is 0 Å². The molecule has 10 heavy (non-hydrogen) atoms. The molecule has 4 heteroatoms. The lowest BCUT2D eigenvalue weighted by molar-refractivity contribution is -0.115. The highest BCUT2D eigenvalue weighted by Gasteiger charge is 1.93. The summed E-state index contributed by atoms with van der Waals surface area (Å²) in [4.78, 5) is 10.9. The van der Waals surface area contributed by atoms with Crippen LogP contribution in [0, 0.1) is 0 Å². The Morgan fingerprint density at radius 3 is 1.80 bits per heavy atom. The van der Waals surface area contributed by atoms with Crippen LogP contribution >= 0.6 is 0 Å². The number of carbonyl (C=O) groups excluding carboxylic acids is 1. The number of nitrogens with zero attached hydrogens (tertiary/aromatic N) is 1. The van der Waals surface area contributed by atoms with Gasteiger partial charge in [-0.2, -0.15) is 0 Å². The van der Waals surface area contributed by atoms with Crippen LogP contribution in [0.3, 0.4) is 0 Å². The van der Waals surface area contributed by atoms with E-state index in [-0.39, 0.29) is 0 Å². The molecule has 4 nitrogen and oxygen atoms in total. The molecule has 60 valence electrons. The van der Waals surface area contributed by atoms with Gasteiger partial charge >= 0.3 is 0 Å². The highest BCUT2D eigenvalue weighted by molar-refractivity contribution is 5.45. The first-order valence-corrected chi connectivity index (χ1v) is 3.04. The molecule has 0 saturated carbocycles. The fourth-order valence-corrected chi connectivity index (χ4v) is 0.295. The minimum atomic E-state index is 0.500. The van der Waals surface area contributed by atoms with Crippen LogP contribution in [0.1, 0.15) is 0 Å². The quantitative estimate of drug-likeness (QED) is 0.478. The first-order valence-electron chi connectivity index (χ1n) is 3.04. The van der Waals surface area contributed by atoms with Crippen LogP contribution in [-0.2, 0) is 14.3 Å². The van der Waals surface area contributed by atoms with Gasteiger partial charge in [0.1, 0.15) is 6.79 Å². The largest absolute Gasteiger partial charge is 0.353 e. The molecule has 0 radical (unpaired) electrons. The average Bonchev–Trinajstić information content (AvgIpc) is 2.43. The number of amides is 1. The summed E-state index contributed by atoms with van der Waals surface area (Å²) < 4.78 is 9.44. The van der Waals surface area contributed by atoms with Crippen LogP contribution in [0.5, 0.6) is 0 Å². The maximum Gasteiger partial charge on any atom is 0.209 e. The normalized spacial score (nSPS) is 15.4. The maximum absolute atomic E-state index is 9.43. The minimum absolute atomic E-state index is 0.500.